The molecule has 0 heterocycles. The Kier molecular flexibility index (Phi) is 5.72. The van der Waals surface area contributed by atoms with Crippen molar-refractivity contribution in [3.8, 4) is 11.5 Å². The van der Waals surface area contributed by atoms with Gasteiger partial charge in [0.1, 0.15) is 0 Å². The van der Waals surface area contributed by atoms with Crippen molar-refractivity contribution in [1.82, 2.24) is 0 Å². The SMILES string of the molecule is CCOc1cc(CCCOC)ccc1OC. The summed E-state index contributed by atoms with van der Waals surface area (Å²) in [4.78, 5) is 0. The maximum absolute atomic E-state index is 5.52. The fourth-order valence-corrected chi connectivity index (χ4v) is 1.57. The summed E-state index contributed by atoms with van der Waals surface area (Å²) in [7, 11) is 3.38. The van der Waals surface area contributed by atoms with Crippen molar-refractivity contribution in [2.45, 2.75) is 19.8 Å². The second-order valence-electron chi connectivity index (χ2n) is 3.51. The van der Waals surface area contributed by atoms with E-state index in [0.29, 0.717) is 6.61 Å². The molecule has 0 fully saturated rings. The van der Waals surface area contributed by atoms with Crippen LogP contribution in [0.15, 0.2) is 18.2 Å². The molecule has 0 aliphatic carbocycles. The first kappa shape index (κ1) is 12.8. The van der Waals surface area contributed by atoms with Gasteiger partial charge in [-0.1, -0.05) is 6.07 Å². The van der Waals surface area contributed by atoms with Crippen molar-refractivity contribution in [1.29, 1.82) is 0 Å². The van der Waals surface area contributed by atoms with E-state index in [4.69, 9.17) is 14.2 Å². The quantitative estimate of drug-likeness (QED) is 0.666. The van der Waals surface area contributed by atoms with Crippen LogP contribution in [0, 0.1) is 0 Å². The molecular weight excluding hydrogens is 204 g/mol. The molecule has 0 aliphatic rings. The number of methoxy groups -OCH3 is 2. The van der Waals surface area contributed by atoms with Crippen molar-refractivity contribution in [2.24, 2.45) is 0 Å². The zero-order valence-electron chi connectivity index (χ0n) is 10.3. The molecular formula is C13H20O3. The lowest BCUT2D eigenvalue weighted by molar-refractivity contribution is 0.195. The zero-order chi connectivity index (χ0) is 11.8. The van der Waals surface area contributed by atoms with E-state index in [2.05, 4.69) is 6.07 Å². The Morgan fingerprint density at radius 2 is 1.94 bits per heavy atom. The van der Waals surface area contributed by atoms with Crippen LogP contribution in [0.3, 0.4) is 0 Å². The molecule has 0 atom stereocenters. The highest BCUT2D eigenvalue weighted by Crippen LogP contribution is 2.28. The van der Waals surface area contributed by atoms with Crippen LogP contribution in [0.2, 0.25) is 0 Å². The fourth-order valence-electron chi connectivity index (χ4n) is 1.57. The van der Waals surface area contributed by atoms with Gasteiger partial charge in [-0.15, -0.1) is 0 Å². The van der Waals surface area contributed by atoms with Crippen molar-refractivity contribution < 1.29 is 14.2 Å². The Hall–Kier alpha value is -1.22. The van der Waals surface area contributed by atoms with Gasteiger partial charge < -0.3 is 14.2 Å². The molecule has 0 aromatic heterocycles. The van der Waals surface area contributed by atoms with E-state index in [0.717, 1.165) is 30.9 Å². The average molecular weight is 224 g/mol. The number of benzene rings is 1. The third-order valence-corrected chi connectivity index (χ3v) is 2.34. The summed E-state index contributed by atoms with van der Waals surface area (Å²) in [5, 5.41) is 0. The summed E-state index contributed by atoms with van der Waals surface area (Å²) in [6.45, 7) is 3.41. The topological polar surface area (TPSA) is 27.7 Å². The fraction of sp³-hybridized carbons (Fsp3) is 0.538. The maximum atomic E-state index is 5.52. The van der Waals surface area contributed by atoms with Crippen LogP contribution in [0.1, 0.15) is 18.9 Å². The van der Waals surface area contributed by atoms with Gasteiger partial charge in [0.2, 0.25) is 0 Å². The molecule has 0 saturated carbocycles. The summed E-state index contributed by atoms with van der Waals surface area (Å²) in [6.07, 6.45) is 2.02. The van der Waals surface area contributed by atoms with Crippen LogP contribution in [-0.4, -0.2) is 27.4 Å². The van der Waals surface area contributed by atoms with Crippen LogP contribution < -0.4 is 9.47 Å². The Bertz CT molecular complexity index is 310. The van der Waals surface area contributed by atoms with E-state index in [-0.39, 0.29) is 0 Å². The molecule has 1 aromatic carbocycles. The summed E-state index contributed by atoms with van der Waals surface area (Å²) in [6, 6.07) is 6.06. The van der Waals surface area contributed by atoms with Gasteiger partial charge in [-0.25, -0.2) is 0 Å². The molecule has 0 N–H and O–H groups in total. The van der Waals surface area contributed by atoms with Crippen LogP contribution in [0.25, 0.3) is 0 Å². The molecule has 0 amide bonds. The minimum atomic E-state index is 0.651. The Morgan fingerprint density at radius 3 is 2.56 bits per heavy atom. The van der Waals surface area contributed by atoms with Crippen molar-refractivity contribution in [3.63, 3.8) is 0 Å². The van der Waals surface area contributed by atoms with Gasteiger partial charge in [0.15, 0.2) is 11.5 Å². The first-order chi connectivity index (χ1) is 7.81. The van der Waals surface area contributed by atoms with E-state index >= 15 is 0 Å². The minimum absolute atomic E-state index is 0.651. The smallest absolute Gasteiger partial charge is 0.161 e. The highest BCUT2D eigenvalue weighted by molar-refractivity contribution is 5.42. The predicted octanol–water partition coefficient (Wildman–Crippen LogP) is 2.67. The molecule has 1 aromatic rings. The lowest BCUT2D eigenvalue weighted by Gasteiger charge is -2.10. The normalized spacial score (nSPS) is 10.2. The van der Waals surface area contributed by atoms with Gasteiger partial charge in [0, 0.05) is 13.7 Å². The van der Waals surface area contributed by atoms with E-state index in [1.165, 1.54) is 5.56 Å². The highest BCUT2D eigenvalue weighted by Gasteiger charge is 2.04. The lowest BCUT2D eigenvalue weighted by Crippen LogP contribution is -1.98. The largest absolute Gasteiger partial charge is 0.493 e. The second-order valence-corrected chi connectivity index (χ2v) is 3.51. The van der Waals surface area contributed by atoms with Crippen molar-refractivity contribution in [2.75, 3.05) is 27.4 Å². The standard InChI is InChI=1S/C13H20O3/c1-4-16-13-10-11(6-5-9-14-2)7-8-12(13)15-3/h7-8,10H,4-6,9H2,1-3H3. The van der Waals surface area contributed by atoms with Gasteiger partial charge >= 0.3 is 0 Å². The van der Waals surface area contributed by atoms with E-state index < -0.39 is 0 Å². The molecule has 1 rings (SSSR count). The average Bonchev–Trinajstić information content (AvgIpc) is 2.30. The van der Waals surface area contributed by atoms with E-state index in [1.54, 1.807) is 14.2 Å². The Labute approximate surface area is 97.3 Å². The van der Waals surface area contributed by atoms with Crippen LogP contribution >= 0.6 is 0 Å². The zero-order valence-corrected chi connectivity index (χ0v) is 10.3. The monoisotopic (exact) mass is 224 g/mol. The second kappa shape index (κ2) is 7.12. The highest BCUT2D eigenvalue weighted by atomic mass is 16.5. The van der Waals surface area contributed by atoms with Crippen molar-refractivity contribution in [3.05, 3.63) is 23.8 Å². The van der Waals surface area contributed by atoms with Gasteiger partial charge in [0.05, 0.1) is 13.7 Å². The van der Waals surface area contributed by atoms with Crippen LogP contribution in [-0.2, 0) is 11.2 Å². The number of aryl methyl sites for hydroxylation is 1. The molecule has 0 saturated heterocycles. The number of ether oxygens (including phenoxy) is 3. The molecule has 16 heavy (non-hydrogen) atoms. The Balaban J connectivity index is 2.68. The predicted molar refractivity (Wildman–Crippen MR) is 64.4 cm³/mol. The molecule has 3 heteroatoms. The first-order valence-electron chi connectivity index (χ1n) is 5.60. The summed E-state index contributed by atoms with van der Waals surface area (Å²) >= 11 is 0. The number of rotatable bonds is 7. The van der Waals surface area contributed by atoms with Gasteiger partial charge in [0.25, 0.3) is 0 Å². The molecule has 0 spiro atoms. The summed E-state index contributed by atoms with van der Waals surface area (Å²) < 4.78 is 15.8. The molecule has 90 valence electrons. The Morgan fingerprint density at radius 1 is 1.12 bits per heavy atom. The first-order valence-corrected chi connectivity index (χ1v) is 5.60. The third kappa shape index (κ3) is 3.74. The van der Waals surface area contributed by atoms with Gasteiger partial charge in [-0.05, 0) is 37.5 Å². The number of hydrogen-bond acceptors (Lipinski definition) is 3. The molecule has 0 radical (unpaired) electrons. The van der Waals surface area contributed by atoms with E-state index in [1.807, 2.05) is 19.1 Å². The third-order valence-electron chi connectivity index (χ3n) is 2.34. The minimum Gasteiger partial charge on any atom is -0.493 e. The van der Waals surface area contributed by atoms with Crippen LogP contribution in [0.4, 0.5) is 0 Å². The summed E-state index contributed by atoms with van der Waals surface area (Å²) in [5.74, 6) is 1.61. The van der Waals surface area contributed by atoms with Crippen LogP contribution in [0.5, 0.6) is 11.5 Å². The summed E-state index contributed by atoms with van der Waals surface area (Å²) in [5.41, 5.74) is 1.25. The number of hydrogen-bond donors (Lipinski definition) is 0. The maximum Gasteiger partial charge on any atom is 0.161 e. The molecule has 0 aliphatic heterocycles. The molecule has 3 nitrogen and oxygen atoms in total. The molecule has 0 bridgehead atoms. The van der Waals surface area contributed by atoms with Crippen molar-refractivity contribution >= 4 is 0 Å². The van der Waals surface area contributed by atoms with E-state index in [9.17, 15) is 0 Å². The molecule has 0 unspecified atom stereocenters. The lowest BCUT2D eigenvalue weighted by atomic mass is 10.1. The van der Waals surface area contributed by atoms with Gasteiger partial charge in [-0.3, -0.25) is 0 Å². The van der Waals surface area contributed by atoms with Gasteiger partial charge in [-0.2, -0.15) is 0 Å².